The zero-order chi connectivity index (χ0) is 10.3. The molecule has 70 valence electrons. The molecule has 0 radical (unpaired) electrons. The summed E-state index contributed by atoms with van der Waals surface area (Å²) in [7, 11) is 0. The molecule has 4 nitrogen and oxygen atoms in total. The van der Waals surface area contributed by atoms with Crippen molar-refractivity contribution in [3.8, 4) is 0 Å². The maximum absolute atomic E-state index is 11.5. The maximum atomic E-state index is 11.5. The second-order valence-corrected chi connectivity index (χ2v) is 3.16. The van der Waals surface area contributed by atoms with Gasteiger partial charge in [-0.25, -0.2) is 0 Å². The van der Waals surface area contributed by atoms with E-state index in [1.807, 2.05) is 6.92 Å². The Morgan fingerprint density at radius 2 is 1.79 bits per heavy atom. The average molecular weight is 189 g/mol. The van der Waals surface area contributed by atoms with Crippen molar-refractivity contribution in [3.63, 3.8) is 0 Å². The average Bonchev–Trinajstić information content (AvgIpc) is 2.39. The Morgan fingerprint density at radius 3 is 2.43 bits per heavy atom. The van der Waals surface area contributed by atoms with Crippen molar-refractivity contribution in [2.24, 2.45) is 5.16 Å². The summed E-state index contributed by atoms with van der Waals surface area (Å²) in [5.41, 5.74) is -0.118. The van der Waals surface area contributed by atoms with Crippen LogP contribution in [0.3, 0.4) is 0 Å². The maximum Gasteiger partial charge on any atom is 0.219 e. The van der Waals surface area contributed by atoms with Crippen LogP contribution in [-0.2, 0) is 0 Å². The lowest BCUT2D eigenvalue weighted by Crippen LogP contribution is -2.31. The van der Waals surface area contributed by atoms with Gasteiger partial charge in [-0.15, -0.1) is 0 Å². The first-order valence-corrected chi connectivity index (χ1v) is 4.07. The Kier molecular flexibility index (Phi) is 1.70. The van der Waals surface area contributed by atoms with Gasteiger partial charge in [0, 0.05) is 10.8 Å². The minimum absolute atomic E-state index is 0.313. The molecule has 0 saturated heterocycles. The van der Waals surface area contributed by atoms with Gasteiger partial charge in [0.15, 0.2) is 5.36 Å². The lowest BCUT2D eigenvalue weighted by Gasteiger charge is -1.89. The summed E-state index contributed by atoms with van der Waals surface area (Å²) in [4.78, 5) is 22.9. The summed E-state index contributed by atoms with van der Waals surface area (Å²) in [6, 6.07) is 4.93. The fourth-order valence-corrected chi connectivity index (χ4v) is 1.49. The zero-order valence-electron chi connectivity index (χ0n) is 7.44. The molecule has 0 aromatic heterocycles. The first-order chi connectivity index (χ1) is 6.65. The Balaban J connectivity index is 3.20. The van der Waals surface area contributed by atoms with Gasteiger partial charge in [0.05, 0.1) is 0 Å². The topological polar surface area (TPSA) is 66.7 Å². The Labute approximate surface area is 78.4 Å². The van der Waals surface area contributed by atoms with Crippen LogP contribution in [0.25, 0.3) is 10.8 Å². The molecule has 2 aromatic rings. The van der Waals surface area contributed by atoms with E-state index in [4.69, 9.17) is 5.21 Å². The molecular weight excluding hydrogens is 182 g/mol. The van der Waals surface area contributed by atoms with E-state index in [2.05, 4.69) is 5.16 Å². The Bertz CT molecular complexity index is 648. The van der Waals surface area contributed by atoms with E-state index in [1.165, 1.54) is 0 Å². The predicted octanol–water partition coefficient (Wildman–Crippen LogP) is 0.0341. The van der Waals surface area contributed by atoms with Gasteiger partial charge < -0.3 is 5.21 Å². The number of hydrogen-bond donors (Lipinski definition) is 1. The van der Waals surface area contributed by atoms with Gasteiger partial charge in [0.25, 0.3) is 0 Å². The van der Waals surface area contributed by atoms with Crippen molar-refractivity contribution in [3.05, 3.63) is 49.6 Å². The smallest absolute Gasteiger partial charge is 0.219 e. The van der Waals surface area contributed by atoms with Crippen LogP contribution in [0.4, 0.5) is 0 Å². The highest BCUT2D eigenvalue weighted by Gasteiger charge is 2.10. The SMILES string of the molecule is Cc1ccc2c(=O)/c(=N/O)c(=O)c2c1. The van der Waals surface area contributed by atoms with Crippen molar-refractivity contribution >= 4 is 10.8 Å². The van der Waals surface area contributed by atoms with Gasteiger partial charge in [0.2, 0.25) is 10.9 Å². The molecule has 0 aliphatic carbocycles. The molecule has 0 saturated carbocycles. The van der Waals surface area contributed by atoms with Gasteiger partial charge in [-0.1, -0.05) is 16.8 Å². The van der Waals surface area contributed by atoms with Crippen molar-refractivity contribution < 1.29 is 5.21 Å². The molecule has 2 aromatic carbocycles. The molecule has 0 spiro atoms. The second-order valence-electron chi connectivity index (χ2n) is 3.16. The lowest BCUT2D eigenvalue weighted by atomic mass is 10.1. The van der Waals surface area contributed by atoms with Gasteiger partial charge in [-0.05, 0) is 19.1 Å². The fraction of sp³-hybridized carbons (Fsp3) is 0.100. The molecule has 1 N–H and O–H groups in total. The summed E-state index contributed by atoms with van der Waals surface area (Å²) in [5.74, 6) is 0. The summed E-state index contributed by atoms with van der Waals surface area (Å²) in [6.07, 6.45) is 0. The first-order valence-electron chi connectivity index (χ1n) is 4.07. The zero-order valence-corrected chi connectivity index (χ0v) is 7.44. The number of rotatable bonds is 0. The normalized spacial score (nSPS) is 12.5. The fourth-order valence-electron chi connectivity index (χ4n) is 1.49. The van der Waals surface area contributed by atoms with Crippen LogP contribution in [0.1, 0.15) is 5.56 Å². The molecule has 14 heavy (non-hydrogen) atoms. The highest BCUT2D eigenvalue weighted by molar-refractivity contribution is 5.83. The quantitative estimate of drug-likeness (QED) is 0.469. The number of aryl methyl sites for hydroxylation is 1. The molecule has 0 bridgehead atoms. The highest BCUT2D eigenvalue weighted by Crippen LogP contribution is 2.06. The first kappa shape index (κ1) is 8.62. The van der Waals surface area contributed by atoms with Crippen molar-refractivity contribution in [2.75, 3.05) is 0 Å². The minimum Gasteiger partial charge on any atom is -0.410 e. The van der Waals surface area contributed by atoms with Crippen LogP contribution in [0.5, 0.6) is 0 Å². The number of hydrogen-bond acceptors (Lipinski definition) is 4. The van der Waals surface area contributed by atoms with Crippen LogP contribution in [-0.4, -0.2) is 5.21 Å². The molecule has 0 atom stereocenters. The molecule has 0 fully saturated rings. The van der Waals surface area contributed by atoms with Crippen molar-refractivity contribution in [1.29, 1.82) is 0 Å². The van der Waals surface area contributed by atoms with E-state index in [-0.39, 0.29) is 0 Å². The molecule has 0 aliphatic rings. The largest absolute Gasteiger partial charge is 0.410 e. The van der Waals surface area contributed by atoms with Gasteiger partial charge in [-0.3, -0.25) is 9.59 Å². The van der Waals surface area contributed by atoms with Crippen LogP contribution in [0.15, 0.2) is 32.9 Å². The van der Waals surface area contributed by atoms with Crippen LogP contribution in [0.2, 0.25) is 0 Å². The molecule has 0 aliphatic heterocycles. The number of fused-ring (bicyclic) bond motifs is 1. The Morgan fingerprint density at radius 1 is 1.14 bits per heavy atom. The molecular formula is C10H7NO3. The standard InChI is InChI=1S/C10H7NO3/c1-5-2-3-6-7(4-5)10(13)8(11-14)9(6)12/h2-4,14H,1H3/b11-8-. The van der Waals surface area contributed by atoms with E-state index < -0.39 is 16.2 Å². The van der Waals surface area contributed by atoms with E-state index in [0.717, 1.165) is 5.56 Å². The molecule has 4 heteroatoms. The number of benzene rings is 1. The monoisotopic (exact) mass is 189 g/mol. The van der Waals surface area contributed by atoms with E-state index in [0.29, 0.717) is 10.8 Å². The third-order valence-electron chi connectivity index (χ3n) is 2.19. The van der Waals surface area contributed by atoms with Gasteiger partial charge in [0.1, 0.15) is 0 Å². The molecule has 0 heterocycles. The van der Waals surface area contributed by atoms with E-state index in [9.17, 15) is 9.59 Å². The van der Waals surface area contributed by atoms with Crippen LogP contribution >= 0.6 is 0 Å². The third-order valence-corrected chi connectivity index (χ3v) is 2.19. The summed E-state index contributed by atoms with van der Waals surface area (Å²) >= 11 is 0. The van der Waals surface area contributed by atoms with Crippen molar-refractivity contribution in [2.45, 2.75) is 6.92 Å². The summed E-state index contributed by atoms with van der Waals surface area (Å²) in [5, 5.41) is 11.4. The molecule has 2 rings (SSSR count). The molecule has 0 unspecified atom stereocenters. The Hall–Kier alpha value is -1.97. The van der Waals surface area contributed by atoms with E-state index >= 15 is 0 Å². The van der Waals surface area contributed by atoms with Gasteiger partial charge >= 0.3 is 0 Å². The predicted molar refractivity (Wildman–Crippen MR) is 50.9 cm³/mol. The lowest BCUT2D eigenvalue weighted by molar-refractivity contribution is 0.301. The van der Waals surface area contributed by atoms with Gasteiger partial charge in [-0.2, -0.15) is 0 Å². The molecule has 0 amide bonds. The van der Waals surface area contributed by atoms with Crippen LogP contribution < -0.4 is 16.2 Å². The summed E-state index contributed by atoms with van der Waals surface area (Å²) < 4.78 is 0. The van der Waals surface area contributed by atoms with Crippen LogP contribution in [0, 0.1) is 6.92 Å². The minimum atomic E-state index is -0.507. The second kappa shape index (κ2) is 2.77. The number of nitrogens with zero attached hydrogens (tertiary/aromatic N) is 1. The van der Waals surface area contributed by atoms with E-state index in [1.54, 1.807) is 18.2 Å². The highest BCUT2D eigenvalue weighted by atomic mass is 16.4. The summed E-state index contributed by atoms with van der Waals surface area (Å²) in [6.45, 7) is 1.83. The third kappa shape index (κ3) is 0.970. The van der Waals surface area contributed by atoms with Crippen molar-refractivity contribution in [1.82, 2.24) is 0 Å².